The predicted octanol–water partition coefficient (Wildman–Crippen LogP) is 3.84. The van der Waals surface area contributed by atoms with Gasteiger partial charge in [0.15, 0.2) is 5.69 Å². The lowest BCUT2D eigenvalue weighted by molar-refractivity contribution is 0.0631. The number of hydrogen-bond acceptors (Lipinski definition) is 7. The minimum absolute atomic E-state index is 0.0457. The van der Waals surface area contributed by atoms with Gasteiger partial charge >= 0.3 is 19.2 Å². The van der Waals surface area contributed by atoms with Gasteiger partial charge in [-0.3, -0.25) is 4.79 Å². The molecule has 1 fully saturated rings. The lowest BCUT2D eigenvalue weighted by Gasteiger charge is -2.21. The number of nitrogens with zero attached hydrogens (tertiary/aromatic N) is 1. The number of oxazole rings is 1. The Morgan fingerprint density at radius 1 is 1.26 bits per heavy atom. The van der Waals surface area contributed by atoms with Crippen molar-refractivity contribution in [1.82, 2.24) is 4.98 Å². The Bertz CT molecular complexity index is 988. The number of halogens is 1. The number of anilines is 2. The number of carbonyl (C=O) groups excluding carboxylic acids is 2. The summed E-state index contributed by atoms with van der Waals surface area (Å²) in [5.41, 5.74) is -0.0942. The molecule has 0 bridgehead atoms. The normalized spacial score (nSPS) is 18.0. The summed E-state index contributed by atoms with van der Waals surface area (Å²) in [4.78, 5) is 28.3. The third-order valence-corrected chi connectivity index (χ3v) is 4.90. The Kier molecular flexibility index (Phi) is 6.36. The molecular weight excluding hydrogens is 425 g/mol. The SMILES string of the molecule is CC1OB(c2ccc(Cl)c(NC(=O)c3coc(NC(=O)OC(C)(C)C)n3)c2)OC1(C)C. The molecule has 0 aliphatic carbocycles. The van der Waals surface area contributed by atoms with Gasteiger partial charge in [-0.2, -0.15) is 4.98 Å². The third-order valence-electron chi connectivity index (χ3n) is 4.57. The first-order valence-corrected chi connectivity index (χ1v) is 10.1. The van der Waals surface area contributed by atoms with Crippen molar-refractivity contribution in [2.24, 2.45) is 0 Å². The fraction of sp³-hybridized carbons (Fsp3) is 0.450. The van der Waals surface area contributed by atoms with E-state index >= 15 is 0 Å². The van der Waals surface area contributed by atoms with Gasteiger partial charge in [-0.15, -0.1) is 0 Å². The lowest BCUT2D eigenvalue weighted by atomic mass is 9.79. The molecule has 0 spiro atoms. The van der Waals surface area contributed by atoms with Gasteiger partial charge in [0, 0.05) is 0 Å². The minimum Gasteiger partial charge on any atom is -0.443 e. The Balaban J connectivity index is 1.68. The van der Waals surface area contributed by atoms with Crippen molar-refractivity contribution >= 4 is 47.9 Å². The molecule has 0 radical (unpaired) electrons. The van der Waals surface area contributed by atoms with Crippen molar-refractivity contribution in [3.63, 3.8) is 0 Å². The van der Waals surface area contributed by atoms with Crippen LogP contribution in [0.25, 0.3) is 0 Å². The second-order valence-electron chi connectivity index (χ2n) is 8.69. The van der Waals surface area contributed by atoms with Crippen LogP contribution < -0.4 is 16.1 Å². The smallest absolute Gasteiger partial charge is 0.443 e. The number of benzene rings is 1. The molecular formula is C20H25BClN3O6. The van der Waals surface area contributed by atoms with Crippen molar-refractivity contribution in [2.45, 2.75) is 58.8 Å². The van der Waals surface area contributed by atoms with Crippen LogP contribution in [0.15, 0.2) is 28.9 Å². The Morgan fingerprint density at radius 3 is 2.58 bits per heavy atom. The molecule has 1 aliphatic heterocycles. The van der Waals surface area contributed by atoms with E-state index in [0.29, 0.717) is 16.2 Å². The first-order valence-electron chi connectivity index (χ1n) is 9.74. The topological polar surface area (TPSA) is 112 Å². The van der Waals surface area contributed by atoms with Crippen LogP contribution in [-0.2, 0) is 14.0 Å². The number of carbonyl (C=O) groups is 2. The van der Waals surface area contributed by atoms with Gasteiger partial charge in [0.2, 0.25) is 0 Å². The molecule has 31 heavy (non-hydrogen) atoms. The molecule has 3 rings (SSSR count). The molecule has 2 heterocycles. The van der Waals surface area contributed by atoms with Gasteiger partial charge in [0.25, 0.3) is 5.91 Å². The van der Waals surface area contributed by atoms with E-state index in [4.69, 9.17) is 30.1 Å². The average Bonchev–Trinajstić information content (AvgIpc) is 3.19. The molecule has 1 unspecified atom stereocenters. The van der Waals surface area contributed by atoms with E-state index < -0.39 is 30.3 Å². The lowest BCUT2D eigenvalue weighted by Crippen LogP contribution is -2.35. The van der Waals surface area contributed by atoms with Gasteiger partial charge in [-0.25, -0.2) is 10.1 Å². The van der Waals surface area contributed by atoms with Crippen molar-refractivity contribution in [1.29, 1.82) is 0 Å². The zero-order chi connectivity index (χ0) is 23.0. The summed E-state index contributed by atoms with van der Waals surface area (Å²) in [6.45, 7) is 11.0. The largest absolute Gasteiger partial charge is 0.494 e. The number of ether oxygens (including phenoxy) is 1. The van der Waals surface area contributed by atoms with Crippen LogP contribution in [-0.4, -0.2) is 41.4 Å². The first-order chi connectivity index (χ1) is 14.3. The monoisotopic (exact) mass is 449 g/mol. The molecule has 0 saturated carbocycles. The number of amides is 2. The van der Waals surface area contributed by atoms with Crippen LogP contribution >= 0.6 is 11.6 Å². The van der Waals surface area contributed by atoms with Crippen LogP contribution in [0.4, 0.5) is 16.5 Å². The van der Waals surface area contributed by atoms with Gasteiger partial charge in [-0.1, -0.05) is 17.7 Å². The standard InChI is InChI=1S/C20H25BClN3O6/c1-11-20(5,6)31-21(30-11)12-7-8-13(22)14(9-12)23-16(26)15-10-28-17(24-15)25-18(27)29-19(2,3)4/h7-11H,1-6H3,(H,23,26)(H,24,25,27). The predicted molar refractivity (Wildman–Crippen MR) is 117 cm³/mol. The van der Waals surface area contributed by atoms with Crippen molar-refractivity contribution in [2.75, 3.05) is 10.6 Å². The zero-order valence-electron chi connectivity index (χ0n) is 18.2. The van der Waals surface area contributed by atoms with E-state index in [2.05, 4.69) is 15.6 Å². The van der Waals surface area contributed by atoms with E-state index in [9.17, 15) is 9.59 Å². The quantitative estimate of drug-likeness (QED) is 0.682. The van der Waals surface area contributed by atoms with Crippen LogP contribution in [0.3, 0.4) is 0 Å². The van der Waals surface area contributed by atoms with Gasteiger partial charge < -0.3 is 23.8 Å². The third kappa shape index (κ3) is 5.78. The minimum atomic E-state index is -0.745. The first kappa shape index (κ1) is 23.1. The summed E-state index contributed by atoms with van der Waals surface area (Å²) in [5, 5.41) is 5.34. The van der Waals surface area contributed by atoms with Crippen LogP contribution in [0.2, 0.25) is 5.02 Å². The summed E-state index contributed by atoms with van der Waals surface area (Å²) in [5.74, 6) is -0.568. The highest BCUT2D eigenvalue weighted by atomic mass is 35.5. The number of hydrogen-bond donors (Lipinski definition) is 2. The maximum atomic E-state index is 12.6. The van der Waals surface area contributed by atoms with Crippen molar-refractivity contribution < 1.29 is 28.1 Å². The Morgan fingerprint density at radius 2 is 1.97 bits per heavy atom. The maximum Gasteiger partial charge on any atom is 0.494 e. The summed E-state index contributed by atoms with van der Waals surface area (Å²) in [7, 11) is -0.574. The van der Waals surface area contributed by atoms with Gasteiger partial charge in [-0.05, 0) is 59.1 Å². The van der Waals surface area contributed by atoms with Crippen LogP contribution in [0, 0.1) is 0 Å². The molecule has 1 aromatic carbocycles. The summed E-state index contributed by atoms with van der Waals surface area (Å²) < 4.78 is 22.1. The molecule has 2 N–H and O–H groups in total. The number of nitrogens with one attached hydrogen (secondary N) is 2. The summed E-state index contributed by atoms with van der Waals surface area (Å²) in [6.07, 6.45) is 0.274. The van der Waals surface area contributed by atoms with Crippen molar-refractivity contribution in [3.05, 3.63) is 35.2 Å². The molecule has 2 aromatic rings. The van der Waals surface area contributed by atoms with Crippen LogP contribution in [0.5, 0.6) is 0 Å². The average molecular weight is 450 g/mol. The fourth-order valence-electron chi connectivity index (χ4n) is 2.69. The number of aromatic nitrogens is 1. The second-order valence-corrected chi connectivity index (χ2v) is 9.10. The molecule has 166 valence electrons. The van der Waals surface area contributed by atoms with E-state index in [1.54, 1.807) is 39.0 Å². The molecule has 2 amide bonds. The van der Waals surface area contributed by atoms with Crippen molar-refractivity contribution in [3.8, 4) is 0 Å². The Labute approximate surface area is 185 Å². The molecule has 1 atom stereocenters. The van der Waals surface area contributed by atoms with E-state index in [-0.39, 0.29) is 17.8 Å². The number of rotatable bonds is 4. The molecule has 1 aliphatic rings. The van der Waals surface area contributed by atoms with Crippen LogP contribution in [0.1, 0.15) is 52.0 Å². The summed E-state index contributed by atoms with van der Waals surface area (Å²) >= 11 is 6.24. The second kappa shape index (κ2) is 8.53. The molecule has 1 saturated heterocycles. The summed E-state index contributed by atoms with van der Waals surface area (Å²) in [6, 6.07) is 4.94. The Hall–Kier alpha value is -2.56. The zero-order valence-corrected chi connectivity index (χ0v) is 19.0. The highest BCUT2D eigenvalue weighted by Gasteiger charge is 2.44. The van der Waals surface area contributed by atoms with Gasteiger partial charge in [0.05, 0.1) is 22.4 Å². The fourth-order valence-corrected chi connectivity index (χ4v) is 2.86. The van der Waals surface area contributed by atoms with E-state index in [0.717, 1.165) is 6.26 Å². The molecule has 9 nitrogen and oxygen atoms in total. The van der Waals surface area contributed by atoms with E-state index in [1.807, 2.05) is 20.8 Å². The highest BCUT2D eigenvalue weighted by Crippen LogP contribution is 2.28. The molecule has 1 aromatic heterocycles. The molecule has 11 heteroatoms. The van der Waals surface area contributed by atoms with E-state index in [1.165, 1.54) is 0 Å². The highest BCUT2D eigenvalue weighted by molar-refractivity contribution is 6.62. The van der Waals surface area contributed by atoms with Gasteiger partial charge in [0.1, 0.15) is 11.9 Å². The maximum absolute atomic E-state index is 12.6.